The van der Waals surface area contributed by atoms with Gasteiger partial charge in [-0.3, -0.25) is 0 Å². The monoisotopic (exact) mass is 264 g/mol. The van der Waals surface area contributed by atoms with Gasteiger partial charge >= 0.3 is 0 Å². The zero-order valence-corrected chi connectivity index (χ0v) is 10.9. The summed E-state index contributed by atoms with van der Waals surface area (Å²) in [5.41, 5.74) is 9.92. The van der Waals surface area contributed by atoms with E-state index in [2.05, 4.69) is 21.0 Å². The molecule has 0 aliphatic heterocycles. The second-order valence-electron chi connectivity index (χ2n) is 4.56. The van der Waals surface area contributed by atoms with Gasteiger partial charge in [0.15, 0.2) is 11.5 Å². The fourth-order valence-corrected chi connectivity index (χ4v) is 2.14. The van der Waals surface area contributed by atoms with Gasteiger partial charge in [-0.2, -0.15) is 5.26 Å². The van der Waals surface area contributed by atoms with Gasteiger partial charge in [-0.15, -0.1) is 0 Å². The molecule has 0 radical (unpaired) electrons. The molecule has 0 amide bonds. The third kappa shape index (κ3) is 1.95. The van der Waals surface area contributed by atoms with Crippen molar-refractivity contribution >= 4 is 17.0 Å². The first kappa shape index (κ1) is 12.1. The number of hydrogen-bond acceptors (Lipinski definition) is 5. The van der Waals surface area contributed by atoms with Crippen molar-refractivity contribution in [3.63, 3.8) is 0 Å². The van der Waals surface area contributed by atoms with Gasteiger partial charge in [0, 0.05) is 0 Å². The summed E-state index contributed by atoms with van der Waals surface area (Å²) in [5.74, 6) is 0.380. The van der Waals surface area contributed by atoms with Crippen LogP contribution in [-0.4, -0.2) is 19.5 Å². The van der Waals surface area contributed by atoms with E-state index in [0.29, 0.717) is 29.1 Å². The highest BCUT2D eigenvalue weighted by atomic mass is 15.1. The Balaban J connectivity index is 2.02. The molecule has 3 rings (SSSR count). The molecule has 0 aliphatic carbocycles. The highest BCUT2D eigenvalue weighted by molar-refractivity contribution is 5.81. The van der Waals surface area contributed by atoms with Crippen LogP contribution in [0.2, 0.25) is 0 Å². The van der Waals surface area contributed by atoms with Gasteiger partial charge in [0.2, 0.25) is 0 Å². The van der Waals surface area contributed by atoms with Crippen LogP contribution >= 0.6 is 0 Å². The number of hydrogen-bond donors (Lipinski definition) is 1. The molecule has 6 nitrogen and oxygen atoms in total. The van der Waals surface area contributed by atoms with Crippen molar-refractivity contribution in [1.29, 1.82) is 5.26 Å². The number of aromatic nitrogens is 4. The molecule has 2 N–H and O–H groups in total. The summed E-state index contributed by atoms with van der Waals surface area (Å²) in [5, 5.41) is 8.89. The van der Waals surface area contributed by atoms with E-state index in [9.17, 15) is 0 Å². The normalized spacial score (nSPS) is 10.6. The first-order chi connectivity index (χ1) is 9.69. The van der Waals surface area contributed by atoms with E-state index in [1.807, 2.05) is 29.7 Å². The predicted octanol–water partition coefficient (Wildman–Crippen LogP) is 1.64. The van der Waals surface area contributed by atoms with E-state index in [4.69, 9.17) is 11.0 Å². The Bertz CT molecular complexity index is 827. The minimum atomic E-state index is 0.380. The Morgan fingerprint density at radius 1 is 1.30 bits per heavy atom. The molecular formula is C14H12N6. The van der Waals surface area contributed by atoms with Gasteiger partial charge in [0.25, 0.3) is 0 Å². The van der Waals surface area contributed by atoms with Crippen LogP contribution in [0.4, 0.5) is 5.82 Å². The fraction of sp³-hybridized carbons (Fsp3) is 0.143. The zero-order chi connectivity index (χ0) is 14.1. The van der Waals surface area contributed by atoms with Crippen LogP contribution in [0, 0.1) is 18.3 Å². The maximum Gasteiger partial charge on any atom is 0.165 e. The van der Waals surface area contributed by atoms with Gasteiger partial charge in [0.1, 0.15) is 11.8 Å². The predicted molar refractivity (Wildman–Crippen MR) is 74.7 cm³/mol. The summed E-state index contributed by atoms with van der Waals surface area (Å²) in [7, 11) is 0. The Hall–Kier alpha value is -2.94. The van der Waals surface area contributed by atoms with Crippen LogP contribution in [-0.2, 0) is 6.54 Å². The molecule has 0 bridgehead atoms. The van der Waals surface area contributed by atoms with Crippen molar-refractivity contribution in [2.45, 2.75) is 13.5 Å². The zero-order valence-electron chi connectivity index (χ0n) is 10.9. The van der Waals surface area contributed by atoms with Crippen LogP contribution in [0.5, 0.6) is 0 Å². The molecule has 3 aromatic rings. The summed E-state index contributed by atoms with van der Waals surface area (Å²) in [6.07, 6.45) is 3.13. The number of fused-ring (bicyclic) bond motifs is 1. The van der Waals surface area contributed by atoms with Gasteiger partial charge in [-0.1, -0.05) is 6.07 Å². The summed E-state index contributed by atoms with van der Waals surface area (Å²) >= 11 is 0. The number of nitriles is 1. The molecule has 0 saturated heterocycles. The highest BCUT2D eigenvalue weighted by Gasteiger charge is 2.09. The number of nitrogen functional groups attached to an aromatic ring is 1. The Kier molecular flexibility index (Phi) is 2.80. The average Bonchev–Trinajstić information content (AvgIpc) is 2.86. The number of imidazole rings is 1. The standard InChI is InChI=1S/C14H12N6/c1-9-4-10(5-15)2-3-11(9)6-20-8-19-12-13(16)17-7-18-14(12)20/h2-4,7-8H,6H2,1H3,(H2,16,17,18). The lowest BCUT2D eigenvalue weighted by molar-refractivity contribution is 0.807. The van der Waals surface area contributed by atoms with Crippen molar-refractivity contribution in [1.82, 2.24) is 19.5 Å². The molecule has 0 atom stereocenters. The molecular weight excluding hydrogens is 252 g/mol. The first-order valence-electron chi connectivity index (χ1n) is 6.10. The Morgan fingerprint density at radius 2 is 2.15 bits per heavy atom. The Labute approximate surface area is 115 Å². The van der Waals surface area contributed by atoms with Crippen molar-refractivity contribution in [2.24, 2.45) is 0 Å². The smallest absolute Gasteiger partial charge is 0.165 e. The van der Waals surface area contributed by atoms with Crippen molar-refractivity contribution in [2.75, 3.05) is 5.73 Å². The minimum absolute atomic E-state index is 0.380. The van der Waals surface area contributed by atoms with Gasteiger partial charge in [0.05, 0.1) is 24.5 Å². The maximum atomic E-state index is 8.89. The molecule has 6 heteroatoms. The number of nitrogens with zero attached hydrogens (tertiary/aromatic N) is 5. The third-order valence-corrected chi connectivity index (χ3v) is 3.24. The molecule has 2 aromatic heterocycles. The second kappa shape index (κ2) is 4.63. The number of benzene rings is 1. The molecule has 0 unspecified atom stereocenters. The molecule has 0 fully saturated rings. The molecule has 20 heavy (non-hydrogen) atoms. The van der Waals surface area contributed by atoms with Crippen LogP contribution in [0.3, 0.4) is 0 Å². The van der Waals surface area contributed by atoms with Crippen molar-refractivity contribution < 1.29 is 0 Å². The molecule has 0 spiro atoms. The molecule has 2 heterocycles. The lowest BCUT2D eigenvalue weighted by Gasteiger charge is -2.07. The number of rotatable bonds is 2. The third-order valence-electron chi connectivity index (χ3n) is 3.24. The van der Waals surface area contributed by atoms with Crippen LogP contribution in [0.25, 0.3) is 11.2 Å². The van der Waals surface area contributed by atoms with E-state index >= 15 is 0 Å². The van der Waals surface area contributed by atoms with Gasteiger partial charge < -0.3 is 10.3 Å². The first-order valence-corrected chi connectivity index (χ1v) is 6.10. The van der Waals surface area contributed by atoms with E-state index < -0.39 is 0 Å². The van der Waals surface area contributed by atoms with E-state index in [1.54, 1.807) is 6.33 Å². The SMILES string of the molecule is Cc1cc(C#N)ccc1Cn1cnc2c(N)ncnc21. The molecule has 98 valence electrons. The highest BCUT2D eigenvalue weighted by Crippen LogP contribution is 2.17. The maximum absolute atomic E-state index is 8.89. The van der Waals surface area contributed by atoms with Gasteiger partial charge in [-0.05, 0) is 30.2 Å². The molecule has 0 saturated carbocycles. The van der Waals surface area contributed by atoms with Crippen molar-refractivity contribution in [3.8, 4) is 6.07 Å². The Morgan fingerprint density at radius 3 is 2.90 bits per heavy atom. The van der Waals surface area contributed by atoms with Crippen LogP contribution in [0.1, 0.15) is 16.7 Å². The summed E-state index contributed by atoms with van der Waals surface area (Å²) in [6.45, 7) is 2.61. The minimum Gasteiger partial charge on any atom is -0.382 e. The fourth-order valence-electron chi connectivity index (χ4n) is 2.14. The van der Waals surface area contributed by atoms with E-state index in [-0.39, 0.29) is 0 Å². The number of nitrogens with two attached hydrogens (primary N) is 1. The number of aryl methyl sites for hydroxylation is 1. The largest absolute Gasteiger partial charge is 0.382 e. The van der Waals surface area contributed by atoms with E-state index in [1.165, 1.54) is 6.33 Å². The molecule has 0 aliphatic rings. The summed E-state index contributed by atoms with van der Waals surface area (Å²) < 4.78 is 1.92. The van der Waals surface area contributed by atoms with Gasteiger partial charge in [-0.25, -0.2) is 15.0 Å². The van der Waals surface area contributed by atoms with Crippen LogP contribution in [0.15, 0.2) is 30.9 Å². The number of anilines is 1. The lowest BCUT2D eigenvalue weighted by atomic mass is 10.1. The quantitative estimate of drug-likeness (QED) is 0.759. The summed E-state index contributed by atoms with van der Waals surface area (Å²) in [4.78, 5) is 12.4. The van der Waals surface area contributed by atoms with E-state index in [0.717, 1.165) is 11.1 Å². The molecule has 1 aromatic carbocycles. The average molecular weight is 264 g/mol. The topological polar surface area (TPSA) is 93.4 Å². The second-order valence-corrected chi connectivity index (χ2v) is 4.56. The summed E-state index contributed by atoms with van der Waals surface area (Å²) in [6, 6.07) is 7.77. The lowest BCUT2D eigenvalue weighted by Crippen LogP contribution is -2.02. The van der Waals surface area contributed by atoms with Crippen LogP contribution < -0.4 is 5.73 Å². The van der Waals surface area contributed by atoms with Crippen molar-refractivity contribution in [3.05, 3.63) is 47.5 Å².